The smallest absolute Gasteiger partial charge is 0.191 e. The molecule has 3 rings (SSSR count). The van der Waals surface area contributed by atoms with Crippen LogP contribution in [0.2, 0.25) is 0 Å². The maximum Gasteiger partial charge on any atom is 0.191 e. The molecule has 0 spiro atoms. The van der Waals surface area contributed by atoms with Gasteiger partial charge in [0.2, 0.25) is 0 Å². The second kappa shape index (κ2) is 10.6. The Morgan fingerprint density at radius 1 is 1.29 bits per heavy atom. The summed E-state index contributed by atoms with van der Waals surface area (Å²) in [6.07, 6.45) is 3.50. The second-order valence-electron chi connectivity index (χ2n) is 7.60. The van der Waals surface area contributed by atoms with Crippen LogP contribution in [0.5, 0.6) is 0 Å². The minimum absolute atomic E-state index is 0.704. The number of aryl methyl sites for hydroxylation is 2. The number of likely N-dealkylation sites (tertiary alicyclic amines) is 1. The molecule has 1 saturated heterocycles. The van der Waals surface area contributed by atoms with Crippen molar-refractivity contribution in [3.63, 3.8) is 0 Å². The van der Waals surface area contributed by atoms with Gasteiger partial charge in [0.25, 0.3) is 0 Å². The van der Waals surface area contributed by atoms with E-state index in [2.05, 4.69) is 64.0 Å². The van der Waals surface area contributed by atoms with Gasteiger partial charge in [-0.05, 0) is 50.8 Å². The molecule has 0 amide bonds. The van der Waals surface area contributed by atoms with Crippen molar-refractivity contribution < 1.29 is 0 Å². The summed E-state index contributed by atoms with van der Waals surface area (Å²) in [4.78, 5) is 11.6. The molecule has 2 N–H and O–H groups in total. The van der Waals surface area contributed by atoms with Crippen molar-refractivity contribution >= 4 is 17.3 Å². The lowest BCUT2D eigenvalue weighted by atomic mass is 9.97. The van der Waals surface area contributed by atoms with E-state index < -0.39 is 0 Å². The van der Waals surface area contributed by atoms with Crippen molar-refractivity contribution in [2.75, 3.05) is 26.7 Å². The summed E-state index contributed by atoms with van der Waals surface area (Å²) in [7, 11) is 1.84. The van der Waals surface area contributed by atoms with Crippen LogP contribution in [0.4, 0.5) is 0 Å². The molecule has 0 bridgehead atoms. The van der Waals surface area contributed by atoms with Gasteiger partial charge in [0.15, 0.2) is 5.96 Å². The quantitative estimate of drug-likeness (QED) is 0.552. The van der Waals surface area contributed by atoms with Crippen molar-refractivity contribution in [3.8, 4) is 0 Å². The molecule has 2 aromatic rings. The largest absolute Gasteiger partial charge is 0.356 e. The van der Waals surface area contributed by atoms with Crippen LogP contribution in [-0.2, 0) is 19.5 Å². The Labute approximate surface area is 173 Å². The molecule has 1 fully saturated rings. The number of benzene rings is 1. The predicted octanol–water partition coefficient (Wildman–Crippen LogP) is 3.59. The van der Waals surface area contributed by atoms with Crippen LogP contribution >= 0.6 is 11.3 Å². The number of piperidine rings is 1. The molecule has 152 valence electrons. The number of guanidine groups is 1. The topological polar surface area (TPSA) is 52.6 Å². The molecule has 0 atom stereocenters. The number of aliphatic imine (C=N–C) groups is 1. The Morgan fingerprint density at radius 3 is 2.79 bits per heavy atom. The summed E-state index contributed by atoms with van der Waals surface area (Å²) in [6.45, 7) is 9.38. The maximum atomic E-state index is 4.70. The first-order chi connectivity index (χ1) is 13.7. The molecule has 0 aliphatic carbocycles. The van der Waals surface area contributed by atoms with Crippen LogP contribution in [0, 0.1) is 12.8 Å². The van der Waals surface area contributed by atoms with Crippen LogP contribution in [0.3, 0.4) is 0 Å². The second-order valence-corrected chi connectivity index (χ2v) is 8.54. The molecule has 6 heteroatoms. The molecular formula is C22H33N5S. The fourth-order valence-corrected chi connectivity index (χ4v) is 4.37. The normalized spacial score (nSPS) is 16.3. The first kappa shape index (κ1) is 20.8. The number of thiazole rings is 1. The minimum atomic E-state index is 0.704. The number of nitrogens with one attached hydrogen (secondary N) is 2. The van der Waals surface area contributed by atoms with E-state index >= 15 is 0 Å². The molecule has 2 heterocycles. The van der Waals surface area contributed by atoms with Gasteiger partial charge in [-0.1, -0.05) is 36.8 Å². The number of rotatable bonds is 7. The Bertz CT molecular complexity index is 762. The molecule has 1 aliphatic rings. The van der Waals surface area contributed by atoms with Crippen LogP contribution in [0.1, 0.15) is 41.6 Å². The van der Waals surface area contributed by atoms with Crippen molar-refractivity contribution in [1.82, 2.24) is 20.5 Å². The highest BCUT2D eigenvalue weighted by Crippen LogP contribution is 2.19. The van der Waals surface area contributed by atoms with E-state index in [9.17, 15) is 0 Å². The van der Waals surface area contributed by atoms with E-state index in [4.69, 9.17) is 4.98 Å². The third-order valence-electron chi connectivity index (χ3n) is 5.32. The standard InChI is InChI=1S/C22H33N5S/c1-4-21-26-20(16-28-21)15-27-10-8-18(9-11-27)13-24-22(23-3)25-14-19-7-5-6-17(2)12-19/h5-7,12,16,18H,4,8-11,13-15H2,1-3H3,(H2,23,24,25). The molecule has 5 nitrogen and oxygen atoms in total. The predicted molar refractivity (Wildman–Crippen MR) is 119 cm³/mol. The Kier molecular flexibility index (Phi) is 7.86. The lowest BCUT2D eigenvalue weighted by Gasteiger charge is -2.31. The van der Waals surface area contributed by atoms with E-state index in [1.807, 2.05) is 7.05 Å². The van der Waals surface area contributed by atoms with Crippen molar-refractivity contribution in [1.29, 1.82) is 0 Å². The number of hydrogen-bond donors (Lipinski definition) is 2. The Hall–Kier alpha value is -1.92. The van der Waals surface area contributed by atoms with Crippen LogP contribution < -0.4 is 10.6 Å². The minimum Gasteiger partial charge on any atom is -0.356 e. The van der Waals surface area contributed by atoms with Crippen LogP contribution in [0.25, 0.3) is 0 Å². The average molecular weight is 400 g/mol. The van der Waals surface area contributed by atoms with Crippen LogP contribution in [-0.4, -0.2) is 42.5 Å². The summed E-state index contributed by atoms with van der Waals surface area (Å²) in [5.41, 5.74) is 3.81. The highest BCUT2D eigenvalue weighted by atomic mass is 32.1. The highest BCUT2D eigenvalue weighted by Gasteiger charge is 2.20. The molecule has 0 radical (unpaired) electrons. The van der Waals surface area contributed by atoms with E-state index in [-0.39, 0.29) is 0 Å². The molecule has 0 unspecified atom stereocenters. The Balaban J connectivity index is 1.36. The van der Waals surface area contributed by atoms with Gasteiger partial charge in [-0.15, -0.1) is 11.3 Å². The van der Waals surface area contributed by atoms with E-state index in [0.717, 1.165) is 45.1 Å². The number of aromatic nitrogens is 1. The molecule has 1 aliphatic heterocycles. The summed E-state index contributed by atoms with van der Waals surface area (Å²) in [5.74, 6) is 1.59. The SMILES string of the molecule is CCc1nc(CN2CCC(CNC(=NC)NCc3cccc(C)c3)CC2)cs1. The monoisotopic (exact) mass is 399 g/mol. The van der Waals surface area contributed by atoms with Gasteiger partial charge in [-0.3, -0.25) is 9.89 Å². The van der Waals surface area contributed by atoms with Gasteiger partial charge in [0.05, 0.1) is 10.7 Å². The fourth-order valence-electron chi connectivity index (χ4n) is 3.63. The lowest BCUT2D eigenvalue weighted by Crippen LogP contribution is -2.42. The van der Waals surface area contributed by atoms with E-state index in [1.165, 1.54) is 34.7 Å². The molecule has 0 saturated carbocycles. The summed E-state index contributed by atoms with van der Waals surface area (Å²) in [6, 6.07) is 8.59. The third kappa shape index (κ3) is 6.31. The van der Waals surface area contributed by atoms with Crippen molar-refractivity contribution in [2.24, 2.45) is 10.9 Å². The molecular weight excluding hydrogens is 366 g/mol. The maximum absolute atomic E-state index is 4.70. The van der Waals surface area contributed by atoms with Gasteiger partial charge in [0.1, 0.15) is 0 Å². The fraction of sp³-hybridized carbons (Fsp3) is 0.545. The molecule has 1 aromatic heterocycles. The first-order valence-electron chi connectivity index (χ1n) is 10.3. The zero-order valence-corrected chi connectivity index (χ0v) is 18.2. The van der Waals surface area contributed by atoms with E-state index in [0.29, 0.717) is 5.92 Å². The zero-order valence-electron chi connectivity index (χ0n) is 17.4. The Morgan fingerprint density at radius 2 is 2.11 bits per heavy atom. The zero-order chi connectivity index (χ0) is 19.8. The third-order valence-corrected chi connectivity index (χ3v) is 6.36. The van der Waals surface area contributed by atoms with Crippen LogP contribution in [0.15, 0.2) is 34.6 Å². The van der Waals surface area contributed by atoms with E-state index in [1.54, 1.807) is 11.3 Å². The number of nitrogens with zero attached hydrogens (tertiary/aromatic N) is 3. The highest BCUT2D eigenvalue weighted by molar-refractivity contribution is 7.09. The summed E-state index contributed by atoms with van der Waals surface area (Å²) >= 11 is 1.79. The van der Waals surface area contributed by atoms with Gasteiger partial charge < -0.3 is 10.6 Å². The van der Waals surface area contributed by atoms with Crippen molar-refractivity contribution in [2.45, 2.75) is 46.2 Å². The van der Waals surface area contributed by atoms with Gasteiger partial charge in [-0.25, -0.2) is 4.98 Å². The summed E-state index contributed by atoms with van der Waals surface area (Å²) in [5, 5.41) is 10.4. The average Bonchev–Trinajstić information content (AvgIpc) is 3.17. The number of hydrogen-bond acceptors (Lipinski definition) is 4. The van der Waals surface area contributed by atoms with Gasteiger partial charge >= 0.3 is 0 Å². The molecule has 1 aromatic carbocycles. The summed E-state index contributed by atoms with van der Waals surface area (Å²) < 4.78 is 0. The lowest BCUT2D eigenvalue weighted by molar-refractivity contribution is 0.176. The van der Waals surface area contributed by atoms with Gasteiger partial charge in [-0.2, -0.15) is 0 Å². The molecule has 28 heavy (non-hydrogen) atoms. The first-order valence-corrected chi connectivity index (χ1v) is 11.2. The van der Waals surface area contributed by atoms with Gasteiger partial charge in [0, 0.05) is 32.1 Å². The van der Waals surface area contributed by atoms with Crippen molar-refractivity contribution in [3.05, 3.63) is 51.5 Å².